The van der Waals surface area contributed by atoms with Crippen molar-refractivity contribution in [3.05, 3.63) is 58.1 Å². The zero-order chi connectivity index (χ0) is 13.1. The van der Waals surface area contributed by atoms with Gasteiger partial charge in [-0.25, -0.2) is 0 Å². The highest BCUT2D eigenvalue weighted by Crippen LogP contribution is 2.18. The van der Waals surface area contributed by atoms with E-state index in [0.29, 0.717) is 11.3 Å². The van der Waals surface area contributed by atoms with Crippen molar-refractivity contribution < 1.29 is 4.79 Å². The maximum Gasteiger partial charge on any atom is 0.256 e. The molecule has 0 aliphatic rings. The van der Waals surface area contributed by atoms with E-state index in [1.165, 1.54) is 0 Å². The summed E-state index contributed by atoms with van der Waals surface area (Å²) in [6.45, 7) is 1.88. The van der Waals surface area contributed by atoms with Gasteiger partial charge >= 0.3 is 0 Å². The summed E-state index contributed by atoms with van der Waals surface area (Å²) in [5.41, 5.74) is 8.52. The van der Waals surface area contributed by atoms with E-state index in [2.05, 4.69) is 21.2 Å². The monoisotopic (exact) mass is 304 g/mol. The van der Waals surface area contributed by atoms with Crippen molar-refractivity contribution in [2.75, 3.05) is 11.1 Å². The zero-order valence-corrected chi connectivity index (χ0v) is 11.5. The van der Waals surface area contributed by atoms with Gasteiger partial charge in [0.25, 0.3) is 5.91 Å². The van der Waals surface area contributed by atoms with Crippen LogP contribution in [-0.2, 0) is 0 Å². The van der Waals surface area contributed by atoms with Gasteiger partial charge in [0.1, 0.15) is 0 Å². The number of carbonyl (C=O) groups excluding carboxylic acids is 1. The van der Waals surface area contributed by atoms with Crippen LogP contribution in [0.1, 0.15) is 15.9 Å². The fraction of sp³-hybridized carbons (Fsp3) is 0.0714. The third-order valence-corrected chi connectivity index (χ3v) is 3.08. The quantitative estimate of drug-likeness (QED) is 0.833. The number of amides is 1. The van der Waals surface area contributed by atoms with Crippen LogP contribution in [-0.4, -0.2) is 5.91 Å². The molecule has 0 heterocycles. The van der Waals surface area contributed by atoms with E-state index < -0.39 is 0 Å². The Balaban J connectivity index is 2.24. The number of aryl methyl sites for hydroxylation is 1. The van der Waals surface area contributed by atoms with Gasteiger partial charge in [-0.3, -0.25) is 4.79 Å². The Hall–Kier alpha value is -1.81. The molecule has 0 saturated carbocycles. The molecule has 0 bridgehead atoms. The summed E-state index contributed by atoms with van der Waals surface area (Å²) in [6, 6.07) is 12.8. The first-order valence-corrected chi connectivity index (χ1v) is 6.28. The van der Waals surface area contributed by atoms with Gasteiger partial charge < -0.3 is 11.1 Å². The molecule has 0 aliphatic heterocycles. The van der Waals surface area contributed by atoms with E-state index in [-0.39, 0.29) is 5.91 Å². The number of hydrogen-bond acceptors (Lipinski definition) is 2. The molecule has 2 aromatic rings. The Morgan fingerprint density at radius 2 is 2.00 bits per heavy atom. The maximum atomic E-state index is 12.1. The standard InChI is InChI=1S/C14H13BrN2O/c1-9-5-6-11(16)8-13(9)14(18)17-12-4-2-3-10(15)7-12/h2-8H,16H2,1H3,(H,17,18). The number of hydrogen-bond donors (Lipinski definition) is 2. The fourth-order valence-electron chi connectivity index (χ4n) is 1.65. The largest absolute Gasteiger partial charge is 0.399 e. The minimum absolute atomic E-state index is 0.155. The van der Waals surface area contributed by atoms with Gasteiger partial charge in [-0.1, -0.05) is 28.1 Å². The summed E-state index contributed by atoms with van der Waals surface area (Å²) in [5.74, 6) is -0.155. The first kappa shape index (κ1) is 12.6. The lowest BCUT2D eigenvalue weighted by Crippen LogP contribution is -2.13. The molecule has 1 amide bonds. The molecule has 2 aromatic carbocycles. The first-order valence-electron chi connectivity index (χ1n) is 5.49. The van der Waals surface area contributed by atoms with Crippen molar-refractivity contribution in [3.8, 4) is 0 Å². The molecule has 2 rings (SSSR count). The Morgan fingerprint density at radius 3 is 2.72 bits per heavy atom. The highest BCUT2D eigenvalue weighted by molar-refractivity contribution is 9.10. The van der Waals surface area contributed by atoms with Gasteiger partial charge in [0, 0.05) is 21.4 Å². The second-order valence-corrected chi connectivity index (χ2v) is 4.95. The number of benzene rings is 2. The summed E-state index contributed by atoms with van der Waals surface area (Å²) < 4.78 is 0.921. The first-order chi connectivity index (χ1) is 8.56. The van der Waals surface area contributed by atoms with E-state index in [9.17, 15) is 4.79 Å². The number of nitrogens with one attached hydrogen (secondary N) is 1. The van der Waals surface area contributed by atoms with E-state index in [1.807, 2.05) is 37.3 Å². The Bertz CT molecular complexity index is 596. The lowest BCUT2D eigenvalue weighted by molar-refractivity contribution is 0.102. The van der Waals surface area contributed by atoms with Crippen LogP contribution in [0.3, 0.4) is 0 Å². The molecule has 0 aromatic heterocycles. The average Bonchev–Trinajstić information content (AvgIpc) is 2.32. The molecule has 3 N–H and O–H groups in total. The van der Waals surface area contributed by atoms with Crippen molar-refractivity contribution >= 4 is 33.2 Å². The molecular formula is C14H13BrN2O. The van der Waals surface area contributed by atoms with Crippen molar-refractivity contribution in [3.63, 3.8) is 0 Å². The summed E-state index contributed by atoms with van der Waals surface area (Å²) in [5, 5.41) is 2.84. The molecule has 18 heavy (non-hydrogen) atoms. The number of carbonyl (C=O) groups is 1. The normalized spacial score (nSPS) is 10.1. The number of nitrogen functional groups attached to an aromatic ring is 1. The molecule has 0 spiro atoms. The second-order valence-electron chi connectivity index (χ2n) is 4.04. The van der Waals surface area contributed by atoms with Crippen molar-refractivity contribution in [1.82, 2.24) is 0 Å². The average molecular weight is 305 g/mol. The van der Waals surface area contributed by atoms with E-state index in [1.54, 1.807) is 12.1 Å². The lowest BCUT2D eigenvalue weighted by atomic mass is 10.1. The highest BCUT2D eigenvalue weighted by Gasteiger charge is 2.09. The number of halogens is 1. The minimum Gasteiger partial charge on any atom is -0.399 e. The SMILES string of the molecule is Cc1ccc(N)cc1C(=O)Nc1cccc(Br)c1. The summed E-state index contributed by atoms with van der Waals surface area (Å²) in [7, 11) is 0. The van der Waals surface area contributed by atoms with Crippen molar-refractivity contribution in [1.29, 1.82) is 0 Å². The van der Waals surface area contributed by atoms with E-state index in [0.717, 1.165) is 15.7 Å². The minimum atomic E-state index is -0.155. The van der Waals surface area contributed by atoms with Crippen molar-refractivity contribution in [2.45, 2.75) is 6.92 Å². The predicted molar refractivity (Wildman–Crippen MR) is 77.7 cm³/mol. The van der Waals surface area contributed by atoms with E-state index in [4.69, 9.17) is 5.73 Å². The van der Waals surface area contributed by atoms with Gasteiger partial charge in [0.15, 0.2) is 0 Å². The molecule has 0 radical (unpaired) electrons. The third-order valence-electron chi connectivity index (χ3n) is 2.59. The van der Waals surface area contributed by atoms with Gasteiger partial charge in [0.05, 0.1) is 0 Å². The summed E-state index contributed by atoms with van der Waals surface area (Å²) in [4.78, 5) is 12.1. The molecule has 92 valence electrons. The molecule has 0 unspecified atom stereocenters. The molecule has 0 fully saturated rings. The van der Waals surface area contributed by atoms with Crippen LogP contribution in [0.25, 0.3) is 0 Å². The van der Waals surface area contributed by atoms with Gasteiger partial charge in [0.2, 0.25) is 0 Å². The summed E-state index contributed by atoms with van der Waals surface area (Å²) in [6.07, 6.45) is 0. The van der Waals surface area contributed by atoms with Crippen LogP contribution >= 0.6 is 15.9 Å². The predicted octanol–water partition coefficient (Wildman–Crippen LogP) is 3.59. The molecular weight excluding hydrogens is 292 g/mol. The smallest absolute Gasteiger partial charge is 0.256 e. The van der Waals surface area contributed by atoms with Gasteiger partial charge in [-0.05, 0) is 42.8 Å². The van der Waals surface area contributed by atoms with E-state index >= 15 is 0 Å². The van der Waals surface area contributed by atoms with Gasteiger partial charge in [-0.15, -0.1) is 0 Å². The van der Waals surface area contributed by atoms with Crippen LogP contribution in [0.15, 0.2) is 46.9 Å². The molecule has 4 heteroatoms. The topological polar surface area (TPSA) is 55.1 Å². The molecule has 0 atom stereocenters. The number of rotatable bonds is 2. The van der Waals surface area contributed by atoms with Crippen LogP contribution < -0.4 is 11.1 Å². The molecule has 0 aliphatic carbocycles. The molecule has 0 saturated heterocycles. The Labute approximate surface area is 114 Å². The van der Waals surface area contributed by atoms with Crippen LogP contribution in [0, 0.1) is 6.92 Å². The second kappa shape index (κ2) is 5.23. The Kier molecular flexibility index (Phi) is 3.67. The Morgan fingerprint density at radius 1 is 1.22 bits per heavy atom. The van der Waals surface area contributed by atoms with Gasteiger partial charge in [-0.2, -0.15) is 0 Å². The maximum absolute atomic E-state index is 12.1. The molecule has 3 nitrogen and oxygen atoms in total. The van der Waals surface area contributed by atoms with Crippen LogP contribution in [0.5, 0.6) is 0 Å². The number of nitrogens with two attached hydrogens (primary N) is 1. The van der Waals surface area contributed by atoms with Crippen LogP contribution in [0.2, 0.25) is 0 Å². The highest BCUT2D eigenvalue weighted by atomic mass is 79.9. The fourth-order valence-corrected chi connectivity index (χ4v) is 2.05. The zero-order valence-electron chi connectivity index (χ0n) is 9.91. The lowest BCUT2D eigenvalue weighted by Gasteiger charge is -2.08. The third kappa shape index (κ3) is 2.90. The van der Waals surface area contributed by atoms with Crippen LogP contribution in [0.4, 0.5) is 11.4 Å². The van der Waals surface area contributed by atoms with Crippen molar-refractivity contribution in [2.24, 2.45) is 0 Å². The number of anilines is 2. The summed E-state index contributed by atoms with van der Waals surface area (Å²) >= 11 is 3.36.